The maximum atomic E-state index is 12.5. The summed E-state index contributed by atoms with van der Waals surface area (Å²) in [6.07, 6.45) is 1.64. The lowest BCUT2D eigenvalue weighted by molar-refractivity contribution is 0.102. The SMILES string of the molecule is COCCn1nccc1C(=O)c1cccc(Br)c1C. The van der Waals surface area contributed by atoms with Gasteiger partial charge in [-0.15, -0.1) is 0 Å². The molecule has 0 bridgehead atoms. The Morgan fingerprint density at radius 2 is 2.21 bits per heavy atom. The third-order valence-corrected chi connectivity index (χ3v) is 3.83. The van der Waals surface area contributed by atoms with Crippen molar-refractivity contribution in [2.45, 2.75) is 13.5 Å². The van der Waals surface area contributed by atoms with Gasteiger partial charge in [-0.1, -0.05) is 28.1 Å². The Kier molecular flexibility index (Phi) is 4.50. The van der Waals surface area contributed by atoms with E-state index in [1.54, 1.807) is 24.1 Å². The van der Waals surface area contributed by atoms with Gasteiger partial charge in [-0.05, 0) is 24.6 Å². The molecule has 2 aromatic rings. The highest BCUT2D eigenvalue weighted by atomic mass is 79.9. The van der Waals surface area contributed by atoms with Gasteiger partial charge in [0.05, 0.1) is 13.2 Å². The van der Waals surface area contributed by atoms with E-state index in [0.29, 0.717) is 24.4 Å². The van der Waals surface area contributed by atoms with Gasteiger partial charge in [-0.3, -0.25) is 9.48 Å². The molecule has 0 fully saturated rings. The summed E-state index contributed by atoms with van der Waals surface area (Å²) in [6.45, 7) is 3.02. The van der Waals surface area contributed by atoms with Crippen molar-refractivity contribution in [1.29, 1.82) is 0 Å². The largest absolute Gasteiger partial charge is 0.383 e. The van der Waals surface area contributed by atoms with Crippen molar-refractivity contribution in [2.75, 3.05) is 13.7 Å². The van der Waals surface area contributed by atoms with E-state index in [1.165, 1.54) is 0 Å². The number of methoxy groups -OCH3 is 1. The Labute approximate surface area is 120 Å². The summed E-state index contributed by atoms with van der Waals surface area (Å²) in [5.74, 6) is -0.0209. The first-order valence-corrected chi connectivity index (χ1v) is 6.75. The van der Waals surface area contributed by atoms with Crippen LogP contribution in [-0.2, 0) is 11.3 Å². The van der Waals surface area contributed by atoms with Crippen LogP contribution in [0.25, 0.3) is 0 Å². The van der Waals surface area contributed by atoms with Crippen LogP contribution in [0.4, 0.5) is 0 Å². The summed E-state index contributed by atoms with van der Waals surface area (Å²) in [5, 5.41) is 4.16. The number of rotatable bonds is 5. The average Bonchev–Trinajstić information content (AvgIpc) is 2.87. The number of aromatic nitrogens is 2. The monoisotopic (exact) mass is 322 g/mol. The van der Waals surface area contributed by atoms with Gasteiger partial charge in [0.2, 0.25) is 5.78 Å². The molecule has 0 unspecified atom stereocenters. The molecule has 2 rings (SSSR count). The third-order valence-electron chi connectivity index (χ3n) is 2.97. The van der Waals surface area contributed by atoms with E-state index in [4.69, 9.17) is 4.74 Å². The molecule has 4 nitrogen and oxygen atoms in total. The number of carbonyl (C=O) groups is 1. The second-order valence-corrected chi connectivity index (χ2v) is 5.03. The quantitative estimate of drug-likeness (QED) is 0.795. The van der Waals surface area contributed by atoms with Gasteiger partial charge in [-0.2, -0.15) is 5.10 Å². The molecule has 0 aliphatic rings. The van der Waals surface area contributed by atoms with Crippen LogP contribution in [0.3, 0.4) is 0 Å². The fourth-order valence-corrected chi connectivity index (χ4v) is 2.24. The normalized spacial score (nSPS) is 10.7. The van der Waals surface area contributed by atoms with E-state index < -0.39 is 0 Å². The Morgan fingerprint density at radius 1 is 1.42 bits per heavy atom. The molecule has 0 spiro atoms. The number of hydrogen-bond acceptors (Lipinski definition) is 3. The lowest BCUT2D eigenvalue weighted by Crippen LogP contribution is -2.15. The molecule has 0 aliphatic heterocycles. The number of ether oxygens (including phenoxy) is 1. The van der Waals surface area contributed by atoms with E-state index in [2.05, 4.69) is 21.0 Å². The smallest absolute Gasteiger partial charge is 0.211 e. The molecule has 100 valence electrons. The Balaban J connectivity index is 2.34. The molecule has 1 aromatic carbocycles. The molecule has 1 heterocycles. The first kappa shape index (κ1) is 14.0. The standard InChI is InChI=1S/C14H15BrN2O2/c1-10-11(4-3-5-12(10)15)14(18)13-6-7-16-17(13)8-9-19-2/h3-7H,8-9H2,1-2H3. The number of nitrogens with zero attached hydrogens (tertiary/aromatic N) is 2. The molecule has 0 saturated carbocycles. The van der Waals surface area contributed by atoms with Gasteiger partial charge >= 0.3 is 0 Å². The minimum atomic E-state index is -0.0209. The van der Waals surface area contributed by atoms with Crippen LogP contribution in [0, 0.1) is 6.92 Å². The zero-order valence-corrected chi connectivity index (χ0v) is 12.5. The van der Waals surface area contributed by atoms with Crippen molar-refractivity contribution in [3.63, 3.8) is 0 Å². The summed E-state index contributed by atoms with van der Waals surface area (Å²) in [4.78, 5) is 12.5. The van der Waals surface area contributed by atoms with E-state index in [-0.39, 0.29) is 5.78 Å². The van der Waals surface area contributed by atoms with Gasteiger partial charge in [0.1, 0.15) is 5.69 Å². The molecular weight excluding hydrogens is 308 g/mol. The number of hydrogen-bond donors (Lipinski definition) is 0. The minimum absolute atomic E-state index is 0.0209. The molecule has 0 aliphatic carbocycles. The number of ketones is 1. The lowest BCUT2D eigenvalue weighted by atomic mass is 10.0. The molecule has 5 heteroatoms. The van der Waals surface area contributed by atoms with Crippen molar-refractivity contribution in [2.24, 2.45) is 0 Å². The average molecular weight is 323 g/mol. The fourth-order valence-electron chi connectivity index (χ4n) is 1.87. The summed E-state index contributed by atoms with van der Waals surface area (Å²) in [7, 11) is 1.63. The first-order valence-electron chi connectivity index (χ1n) is 5.95. The predicted molar refractivity (Wildman–Crippen MR) is 76.4 cm³/mol. The van der Waals surface area contributed by atoms with Crippen molar-refractivity contribution in [3.05, 3.63) is 51.8 Å². The summed E-state index contributed by atoms with van der Waals surface area (Å²) < 4.78 is 7.62. The van der Waals surface area contributed by atoms with Gasteiger partial charge in [-0.25, -0.2) is 0 Å². The second kappa shape index (κ2) is 6.12. The van der Waals surface area contributed by atoms with E-state index in [0.717, 1.165) is 10.0 Å². The summed E-state index contributed by atoms with van der Waals surface area (Å²) in [6, 6.07) is 7.35. The maximum Gasteiger partial charge on any atom is 0.211 e. The van der Waals surface area contributed by atoms with Gasteiger partial charge < -0.3 is 4.74 Å². The molecule has 0 radical (unpaired) electrons. The van der Waals surface area contributed by atoms with Crippen LogP contribution in [-0.4, -0.2) is 29.3 Å². The van der Waals surface area contributed by atoms with Crippen molar-refractivity contribution >= 4 is 21.7 Å². The Hall–Kier alpha value is -1.46. The molecule has 0 atom stereocenters. The number of carbonyl (C=O) groups excluding carboxylic acids is 1. The van der Waals surface area contributed by atoms with Crippen molar-refractivity contribution in [1.82, 2.24) is 9.78 Å². The zero-order valence-electron chi connectivity index (χ0n) is 10.9. The lowest BCUT2D eigenvalue weighted by Gasteiger charge is -2.09. The number of halogens is 1. The van der Waals surface area contributed by atoms with Crippen molar-refractivity contribution in [3.8, 4) is 0 Å². The highest BCUT2D eigenvalue weighted by Crippen LogP contribution is 2.21. The van der Waals surface area contributed by atoms with Gasteiger partial charge in [0, 0.05) is 23.3 Å². The molecule has 0 saturated heterocycles. The molecular formula is C14H15BrN2O2. The highest BCUT2D eigenvalue weighted by Gasteiger charge is 2.17. The molecule has 0 amide bonds. The predicted octanol–water partition coefficient (Wildman–Crippen LogP) is 2.83. The minimum Gasteiger partial charge on any atom is -0.383 e. The molecule has 0 N–H and O–H groups in total. The van der Waals surface area contributed by atoms with E-state index in [1.807, 2.05) is 25.1 Å². The van der Waals surface area contributed by atoms with Crippen LogP contribution < -0.4 is 0 Å². The van der Waals surface area contributed by atoms with Crippen LogP contribution in [0.1, 0.15) is 21.6 Å². The fraction of sp³-hybridized carbons (Fsp3) is 0.286. The number of benzene rings is 1. The van der Waals surface area contributed by atoms with E-state index >= 15 is 0 Å². The topological polar surface area (TPSA) is 44.1 Å². The van der Waals surface area contributed by atoms with Crippen LogP contribution in [0.15, 0.2) is 34.9 Å². The van der Waals surface area contributed by atoms with Crippen LogP contribution in [0.2, 0.25) is 0 Å². The molecule has 19 heavy (non-hydrogen) atoms. The highest BCUT2D eigenvalue weighted by molar-refractivity contribution is 9.10. The maximum absolute atomic E-state index is 12.5. The third kappa shape index (κ3) is 2.93. The molecule has 1 aromatic heterocycles. The Bertz CT molecular complexity index is 593. The van der Waals surface area contributed by atoms with Crippen molar-refractivity contribution < 1.29 is 9.53 Å². The zero-order chi connectivity index (χ0) is 13.8. The van der Waals surface area contributed by atoms with Crippen LogP contribution in [0.5, 0.6) is 0 Å². The van der Waals surface area contributed by atoms with Gasteiger partial charge in [0.25, 0.3) is 0 Å². The van der Waals surface area contributed by atoms with E-state index in [9.17, 15) is 4.79 Å². The summed E-state index contributed by atoms with van der Waals surface area (Å²) >= 11 is 3.44. The second-order valence-electron chi connectivity index (χ2n) is 4.17. The van der Waals surface area contributed by atoms with Crippen LogP contribution >= 0.6 is 15.9 Å². The van der Waals surface area contributed by atoms with Gasteiger partial charge in [0.15, 0.2) is 0 Å². The Morgan fingerprint density at radius 3 is 2.95 bits per heavy atom. The summed E-state index contributed by atoms with van der Waals surface area (Å²) in [5.41, 5.74) is 2.21. The first-order chi connectivity index (χ1) is 9.15.